The maximum Gasteiger partial charge on any atom is 0.263 e. The molecule has 5 nitrogen and oxygen atoms in total. The molecule has 0 saturated heterocycles. The van der Waals surface area contributed by atoms with Crippen molar-refractivity contribution < 1.29 is 14.7 Å². The number of thiophene rings is 1. The van der Waals surface area contributed by atoms with Crippen molar-refractivity contribution in [2.75, 3.05) is 11.9 Å². The molecule has 1 heterocycles. The number of carbonyl (C=O) groups excluding carboxylic acids is 2. The Morgan fingerprint density at radius 1 is 1.12 bits per heavy atom. The highest BCUT2D eigenvalue weighted by molar-refractivity contribution is 7.21. The van der Waals surface area contributed by atoms with Crippen LogP contribution in [0, 0.1) is 0 Å². The van der Waals surface area contributed by atoms with Gasteiger partial charge in [-0.1, -0.05) is 41.9 Å². The minimum atomic E-state index is -0.384. The third-order valence-corrected chi connectivity index (χ3v) is 5.22. The van der Waals surface area contributed by atoms with Crippen molar-refractivity contribution in [3.05, 3.63) is 64.0 Å². The lowest BCUT2D eigenvalue weighted by Gasteiger charge is -2.07. The Balaban J connectivity index is 1.63. The van der Waals surface area contributed by atoms with Crippen LogP contribution >= 0.6 is 22.9 Å². The summed E-state index contributed by atoms with van der Waals surface area (Å²) >= 11 is 7.54. The highest BCUT2D eigenvalue weighted by atomic mass is 35.5. The fourth-order valence-corrected chi connectivity index (χ4v) is 3.79. The second kappa shape index (κ2) is 7.65. The molecule has 2 amide bonds. The zero-order valence-corrected chi connectivity index (χ0v) is 14.7. The normalized spacial score (nSPS) is 10.6. The van der Waals surface area contributed by atoms with Crippen molar-refractivity contribution in [3.8, 4) is 0 Å². The first-order valence-electron chi connectivity index (χ1n) is 7.53. The molecule has 0 fully saturated rings. The molecule has 0 saturated carbocycles. The number of aliphatic hydroxyl groups excluding tert-OH is 1. The molecule has 3 aromatic rings. The van der Waals surface area contributed by atoms with E-state index in [-0.39, 0.29) is 25.0 Å². The summed E-state index contributed by atoms with van der Waals surface area (Å²) in [6.07, 6.45) is 0. The van der Waals surface area contributed by atoms with Crippen LogP contribution in [0.15, 0.2) is 48.5 Å². The van der Waals surface area contributed by atoms with Gasteiger partial charge in [-0.3, -0.25) is 9.59 Å². The van der Waals surface area contributed by atoms with E-state index in [1.807, 2.05) is 24.3 Å². The number of anilines is 1. The van der Waals surface area contributed by atoms with E-state index in [4.69, 9.17) is 16.7 Å². The molecule has 0 unspecified atom stereocenters. The second-order valence-corrected chi connectivity index (χ2v) is 6.76. The van der Waals surface area contributed by atoms with Crippen molar-refractivity contribution in [2.45, 2.75) is 6.61 Å². The number of benzene rings is 2. The van der Waals surface area contributed by atoms with Crippen molar-refractivity contribution in [2.24, 2.45) is 0 Å². The molecule has 0 spiro atoms. The summed E-state index contributed by atoms with van der Waals surface area (Å²) in [5, 5.41) is 15.6. The van der Waals surface area contributed by atoms with E-state index in [9.17, 15) is 9.59 Å². The summed E-state index contributed by atoms with van der Waals surface area (Å²) in [4.78, 5) is 24.7. The Morgan fingerprint density at radius 3 is 2.68 bits per heavy atom. The Kier molecular flexibility index (Phi) is 5.33. The van der Waals surface area contributed by atoms with E-state index in [1.165, 1.54) is 11.3 Å². The molecule has 0 bridgehead atoms. The first kappa shape index (κ1) is 17.4. The average Bonchev–Trinajstić information content (AvgIpc) is 2.97. The first-order chi connectivity index (χ1) is 12.1. The second-order valence-electron chi connectivity index (χ2n) is 5.33. The van der Waals surface area contributed by atoms with Crippen LogP contribution in [0.25, 0.3) is 10.1 Å². The van der Waals surface area contributed by atoms with Gasteiger partial charge < -0.3 is 15.7 Å². The lowest BCUT2D eigenvalue weighted by Crippen LogP contribution is -2.32. The molecule has 128 valence electrons. The molecule has 0 aliphatic heterocycles. The summed E-state index contributed by atoms with van der Waals surface area (Å²) < 4.78 is 0.919. The van der Waals surface area contributed by atoms with Gasteiger partial charge >= 0.3 is 0 Å². The van der Waals surface area contributed by atoms with E-state index < -0.39 is 0 Å². The van der Waals surface area contributed by atoms with Gasteiger partial charge in [-0.05, 0) is 23.8 Å². The van der Waals surface area contributed by atoms with Gasteiger partial charge in [-0.15, -0.1) is 11.3 Å². The molecule has 3 N–H and O–H groups in total. The standard InChI is InChI=1S/C18H15ClN2O3S/c19-16-13-6-1-2-7-14(13)25-17(16)18(24)20-9-15(23)21-12-5-3-4-11(8-12)10-22/h1-8,22H,9-10H2,(H,20,24)(H,21,23). The fourth-order valence-electron chi connectivity index (χ4n) is 2.35. The predicted molar refractivity (Wildman–Crippen MR) is 100 cm³/mol. The molecule has 7 heteroatoms. The van der Waals surface area contributed by atoms with E-state index in [2.05, 4.69) is 10.6 Å². The number of halogens is 1. The monoisotopic (exact) mass is 374 g/mol. The number of rotatable bonds is 5. The van der Waals surface area contributed by atoms with Gasteiger partial charge in [0.1, 0.15) is 4.88 Å². The molecule has 0 atom stereocenters. The Labute approximate surface area is 153 Å². The molecule has 2 aromatic carbocycles. The van der Waals surface area contributed by atoms with E-state index in [0.717, 1.165) is 10.1 Å². The van der Waals surface area contributed by atoms with Crippen LogP contribution in [0.3, 0.4) is 0 Å². The third-order valence-electron chi connectivity index (χ3n) is 3.54. The van der Waals surface area contributed by atoms with Crippen molar-refractivity contribution in [1.82, 2.24) is 5.32 Å². The molecule has 1 aromatic heterocycles. The van der Waals surface area contributed by atoms with Gasteiger partial charge in [0.15, 0.2) is 0 Å². The van der Waals surface area contributed by atoms with Gasteiger partial charge in [0.25, 0.3) is 5.91 Å². The smallest absolute Gasteiger partial charge is 0.263 e. The SMILES string of the molecule is O=C(CNC(=O)c1sc2ccccc2c1Cl)Nc1cccc(CO)c1. The van der Waals surface area contributed by atoms with Crippen molar-refractivity contribution >= 4 is 50.5 Å². The van der Waals surface area contributed by atoms with Gasteiger partial charge in [0, 0.05) is 15.8 Å². The highest BCUT2D eigenvalue weighted by Gasteiger charge is 2.17. The van der Waals surface area contributed by atoms with Crippen molar-refractivity contribution in [1.29, 1.82) is 0 Å². The molecule has 25 heavy (non-hydrogen) atoms. The van der Waals surface area contributed by atoms with Crippen LogP contribution in [-0.2, 0) is 11.4 Å². The minimum absolute atomic E-state index is 0.106. The topological polar surface area (TPSA) is 78.4 Å². The lowest BCUT2D eigenvalue weighted by molar-refractivity contribution is -0.115. The number of carbonyl (C=O) groups is 2. The Hall–Kier alpha value is -2.41. The Morgan fingerprint density at radius 2 is 1.92 bits per heavy atom. The van der Waals surface area contributed by atoms with Crippen LogP contribution in [0.5, 0.6) is 0 Å². The summed E-state index contributed by atoms with van der Waals surface area (Å²) in [6.45, 7) is -0.280. The number of aliphatic hydroxyl groups is 1. The number of hydrogen-bond donors (Lipinski definition) is 3. The van der Waals surface area contributed by atoms with Crippen molar-refractivity contribution in [3.63, 3.8) is 0 Å². The lowest BCUT2D eigenvalue weighted by atomic mass is 10.2. The Bertz CT molecular complexity index is 939. The number of hydrogen-bond acceptors (Lipinski definition) is 4. The summed E-state index contributed by atoms with van der Waals surface area (Å²) in [7, 11) is 0. The summed E-state index contributed by atoms with van der Waals surface area (Å²) in [6, 6.07) is 14.3. The summed E-state index contributed by atoms with van der Waals surface area (Å²) in [5.74, 6) is -0.744. The van der Waals surface area contributed by atoms with E-state index >= 15 is 0 Å². The zero-order valence-electron chi connectivity index (χ0n) is 13.1. The molecular weight excluding hydrogens is 360 g/mol. The van der Waals surface area contributed by atoms with E-state index in [1.54, 1.807) is 24.3 Å². The fraction of sp³-hybridized carbons (Fsp3) is 0.111. The van der Waals surface area contributed by atoms with Gasteiger partial charge in [-0.2, -0.15) is 0 Å². The van der Waals surface area contributed by atoms with Crippen LogP contribution in [0.2, 0.25) is 5.02 Å². The predicted octanol–water partition coefficient (Wildman–Crippen LogP) is 3.42. The highest BCUT2D eigenvalue weighted by Crippen LogP contribution is 2.34. The number of fused-ring (bicyclic) bond motifs is 1. The molecule has 0 aliphatic rings. The van der Waals surface area contributed by atoms with Crippen LogP contribution in [0.1, 0.15) is 15.2 Å². The maximum absolute atomic E-state index is 12.3. The number of amides is 2. The number of nitrogens with one attached hydrogen (secondary N) is 2. The van der Waals surface area contributed by atoms with Crippen LogP contribution in [-0.4, -0.2) is 23.5 Å². The molecule has 0 aliphatic carbocycles. The van der Waals surface area contributed by atoms with Gasteiger partial charge in [0.2, 0.25) is 5.91 Å². The minimum Gasteiger partial charge on any atom is -0.392 e. The zero-order chi connectivity index (χ0) is 17.8. The van der Waals surface area contributed by atoms with Crippen LogP contribution < -0.4 is 10.6 Å². The van der Waals surface area contributed by atoms with E-state index in [0.29, 0.717) is 21.2 Å². The van der Waals surface area contributed by atoms with Crippen LogP contribution in [0.4, 0.5) is 5.69 Å². The molecule has 3 rings (SSSR count). The molecule has 0 radical (unpaired) electrons. The maximum atomic E-state index is 12.3. The average molecular weight is 375 g/mol. The largest absolute Gasteiger partial charge is 0.392 e. The van der Waals surface area contributed by atoms with Gasteiger partial charge in [0.05, 0.1) is 18.2 Å². The van der Waals surface area contributed by atoms with Gasteiger partial charge in [-0.25, -0.2) is 0 Å². The first-order valence-corrected chi connectivity index (χ1v) is 8.73. The molecular formula is C18H15ClN2O3S. The quantitative estimate of drug-likeness (QED) is 0.640. The summed E-state index contributed by atoms with van der Waals surface area (Å²) in [5.41, 5.74) is 1.25. The third kappa shape index (κ3) is 3.99.